The quantitative estimate of drug-likeness (QED) is 0.822. The Balaban J connectivity index is 1.76. The van der Waals surface area contributed by atoms with Gasteiger partial charge in [-0.2, -0.15) is 0 Å². The van der Waals surface area contributed by atoms with E-state index in [4.69, 9.17) is 0 Å². The fourth-order valence-corrected chi connectivity index (χ4v) is 3.26. The molecule has 1 fully saturated rings. The lowest BCUT2D eigenvalue weighted by Gasteiger charge is -2.31. The number of hydrogen-bond acceptors (Lipinski definition) is 1. The third kappa shape index (κ3) is 2.60. The van der Waals surface area contributed by atoms with Crippen LogP contribution in [0.5, 0.6) is 0 Å². The molecule has 3 nitrogen and oxygen atoms in total. The van der Waals surface area contributed by atoms with E-state index in [0.717, 1.165) is 37.9 Å². The minimum Gasteiger partial charge on any atom is -0.335 e. The van der Waals surface area contributed by atoms with Crippen molar-refractivity contribution in [3.05, 3.63) is 29.3 Å². The first-order valence-electron chi connectivity index (χ1n) is 7.41. The molecule has 1 heterocycles. The Labute approximate surface area is 115 Å². The molecule has 1 saturated carbocycles. The van der Waals surface area contributed by atoms with Crippen LogP contribution in [-0.4, -0.2) is 18.6 Å². The number of hydrogen-bond donors (Lipinski definition) is 1. The van der Waals surface area contributed by atoms with Gasteiger partial charge in [-0.15, -0.1) is 0 Å². The topological polar surface area (TPSA) is 32.3 Å². The summed E-state index contributed by atoms with van der Waals surface area (Å²) in [6, 6.07) is 6.89. The summed E-state index contributed by atoms with van der Waals surface area (Å²) in [5.41, 5.74) is 3.69. The number of fused-ring (bicyclic) bond motifs is 1. The molecule has 2 amide bonds. The van der Waals surface area contributed by atoms with E-state index in [0.29, 0.717) is 6.04 Å². The predicted molar refractivity (Wildman–Crippen MR) is 77.6 cm³/mol. The van der Waals surface area contributed by atoms with Crippen LogP contribution in [0.2, 0.25) is 0 Å². The van der Waals surface area contributed by atoms with Gasteiger partial charge in [-0.3, -0.25) is 4.90 Å². The molecule has 3 heteroatoms. The maximum absolute atomic E-state index is 12.4. The second-order valence-corrected chi connectivity index (χ2v) is 5.82. The SMILES string of the molecule is Cc1ccc2c(c1)CCCN2C(=O)NC1CCCC1. The van der Waals surface area contributed by atoms with Crippen molar-refractivity contribution in [2.45, 2.75) is 51.5 Å². The molecule has 0 spiro atoms. The first-order chi connectivity index (χ1) is 9.24. The van der Waals surface area contributed by atoms with E-state index in [-0.39, 0.29) is 6.03 Å². The average molecular weight is 258 g/mol. The number of nitrogens with zero attached hydrogens (tertiary/aromatic N) is 1. The number of anilines is 1. The molecule has 0 saturated heterocycles. The molecule has 1 N–H and O–H groups in total. The minimum absolute atomic E-state index is 0.0942. The molecule has 1 aromatic carbocycles. The molecule has 0 unspecified atom stereocenters. The predicted octanol–water partition coefficient (Wildman–Crippen LogP) is 3.40. The highest BCUT2D eigenvalue weighted by Crippen LogP contribution is 2.28. The van der Waals surface area contributed by atoms with Crippen LogP contribution >= 0.6 is 0 Å². The normalized spacial score (nSPS) is 19.3. The van der Waals surface area contributed by atoms with Gasteiger partial charge in [-0.25, -0.2) is 4.79 Å². The summed E-state index contributed by atoms with van der Waals surface area (Å²) in [6.45, 7) is 2.95. The molecule has 1 aliphatic heterocycles. The molecule has 3 rings (SSSR count). The van der Waals surface area contributed by atoms with Crippen molar-refractivity contribution in [3.63, 3.8) is 0 Å². The summed E-state index contributed by atoms with van der Waals surface area (Å²) >= 11 is 0. The van der Waals surface area contributed by atoms with Crippen molar-refractivity contribution >= 4 is 11.7 Å². The Morgan fingerprint density at radius 2 is 2.05 bits per heavy atom. The average Bonchev–Trinajstić information content (AvgIpc) is 2.90. The van der Waals surface area contributed by atoms with Crippen LogP contribution in [0.25, 0.3) is 0 Å². The van der Waals surface area contributed by atoms with Gasteiger partial charge in [0.1, 0.15) is 0 Å². The smallest absolute Gasteiger partial charge is 0.322 e. The van der Waals surface area contributed by atoms with E-state index in [9.17, 15) is 4.79 Å². The van der Waals surface area contributed by atoms with Crippen molar-refractivity contribution in [2.75, 3.05) is 11.4 Å². The highest BCUT2D eigenvalue weighted by molar-refractivity contribution is 5.93. The van der Waals surface area contributed by atoms with Gasteiger partial charge in [-0.05, 0) is 44.2 Å². The third-order valence-electron chi connectivity index (χ3n) is 4.28. The monoisotopic (exact) mass is 258 g/mol. The van der Waals surface area contributed by atoms with Gasteiger partial charge >= 0.3 is 6.03 Å². The second-order valence-electron chi connectivity index (χ2n) is 5.82. The van der Waals surface area contributed by atoms with Gasteiger partial charge in [0.15, 0.2) is 0 Å². The standard InChI is InChI=1S/C16H22N2O/c1-12-8-9-15-13(11-12)5-4-10-18(15)16(19)17-14-6-2-3-7-14/h8-9,11,14H,2-7,10H2,1H3,(H,17,19). The van der Waals surface area contributed by atoms with E-state index < -0.39 is 0 Å². The van der Waals surface area contributed by atoms with Crippen molar-refractivity contribution in [2.24, 2.45) is 0 Å². The van der Waals surface area contributed by atoms with Crippen LogP contribution in [0.15, 0.2) is 18.2 Å². The molecule has 0 aromatic heterocycles. The number of nitrogens with one attached hydrogen (secondary N) is 1. The number of urea groups is 1. The lowest BCUT2D eigenvalue weighted by Crippen LogP contribution is -2.46. The molecule has 0 radical (unpaired) electrons. The molecular weight excluding hydrogens is 236 g/mol. The molecule has 1 aromatic rings. The van der Waals surface area contributed by atoms with Gasteiger partial charge < -0.3 is 5.32 Å². The summed E-state index contributed by atoms with van der Waals surface area (Å²) in [4.78, 5) is 14.3. The Morgan fingerprint density at radius 3 is 2.84 bits per heavy atom. The maximum Gasteiger partial charge on any atom is 0.322 e. The van der Waals surface area contributed by atoms with E-state index in [1.807, 2.05) is 4.90 Å². The summed E-state index contributed by atoms with van der Waals surface area (Å²) in [5, 5.41) is 3.19. The van der Waals surface area contributed by atoms with Crippen LogP contribution in [0.1, 0.15) is 43.2 Å². The van der Waals surface area contributed by atoms with Crippen molar-refractivity contribution in [3.8, 4) is 0 Å². The Morgan fingerprint density at radius 1 is 1.26 bits per heavy atom. The minimum atomic E-state index is 0.0942. The number of carbonyl (C=O) groups is 1. The van der Waals surface area contributed by atoms with Crippen molar-refractivity contribution in [1.29, 1.82) is 0 Å². The number of rotatable bonds is 1. The second kappa shape index (κ2) is 5.24. The molecular formula is C16H22N2O. The van der Waals surface area contributed by atoms with Gasteiger partial charge in [0.05, 0.1) is 0 Å². The molecule has 2 aliphatic rings. The van der Waals surface area contributed by atoms with Crippen LogP contribution in [0, 0.1) is 6.92 Å². The first kappa shape index (κ1) is 12.5. The van der Waals surface area contributed by atoms with E-state index >= 15 is 0 Å². The maximum atomic E-state index is 12.4. The Bertz CT molecular complexity index is 478. The zero-order valence-electron chi connectivity index (χ0n) is 11.6. The van der Waals surface area contributed by atoms with E-state index in [1.165, 1.54) is 24.0 Å². The summed E-state index contributed by atoms with van der Waals surface area (Å²) in [6.07, 6.45) is 6.93. The summed E-state index contributed by atoms with van der Waals surface area (Å²) in [7, 11) is 0. The number of aryl methyl sites for hydroxylation is 2. The number of carbonyl (C=O) groups excluding carboxylic acids is 1. The van der Waals surface area contributed by atoms with Gasteiger partial charge in [0, 0.05) is 18.3 Å². The molecule has 19 heavy (non-hydrogen) atoms. The zero-order chi connectivity index (χ0) is 13.2. The molecule has 0 bridgehead atoms. The van der Waals surface area contributed by atoms with Crippen LogP contribution < -0.4 is 10.2 Å². The van der Waals surface area contributed by atoms with Crippen molar-refractivity contribution < 1.29 is 4.79 Å². The highest BCUT2D eigenvalue weighted by Gasteiger charge is 2.25. The van der Waals surface area contributed by atoms with Gasteiger partial charge in [0.25, 0.3) is 0 Å². The lowest BCUT2D eigenvalue weighted by atomic mass is 10.00. The summed E-state index contributed by atoms with van der Waals surface area (Å²) in [5.74, 6) is 0. The zero-order valence-corrected chi connectivity index (χ0v) is 11.6. The number of benzene rings is 1. The number of amides is 2. The first-order valence-corrected chi connectivity index (χ1v) is 7.41. The largest absolute Gasteiger partial charge is 0.335 e. The van der Waals surface area contributed by atoms with Crippen LogP contribution in [0.3, 0.4) is 0 Å². The van der Waals surface area contributed by atoms with Gasteiger partial charge in [0.2, 0.25) is 0 Å². The Kier molecular flexibility index (Phi) is 3.45. The fourth-order valence-electron chi connectivity index (χ4n) is 3.26. The summed E-state index contributed by atoms with van der Waals surface area (Å²) < 4.78 is 0. The Hall–Kier alpha value is -1.51. The van der Waals surface area contributed by atoms with E-state index in [1.54, 1.807) is 0 Å². The fraction of sp³-hybridized carbons (Fsp3) is 0.562. The third-order valence-corrected chi connectivity index (χ3v) is 4.28. The lowest BCUT2D eigenvalue weighted by molar-refractivity contribution is 0.242. The van der Waals surface area contributed by atoms with Crippen LogP contribution in [0.4, 0.5) is 10.5 Å². The van der Waals surface area contributed by atoms with Gasteiger partial charge in [-0.1, -0.05) is 30.5 Å². The van der Waals surface area contributed by atoms with Crippen LogP contribution in [-0.2, 0) is 6.42 Å². The molecule has 1 aliphatic carbocycles. The molecule has 0 atom stereocenters. The van der Waals surface area contributed by atoms with Crippen molar-refractivity contribution in [1.82, 2.24) is 5.32 Å². The van der Waals surface area contributed by atoms with E-state index in [2.05, 4.69) is 30.4 Å². The molecule has 102 valence electrons. The highest BCUT2D eigenvalue weighted by atomic mass is 16.2.